The Kier molecular flexibility index (Phi) is 10.6. The maximum Gasteiger partial charge on any atom is 0.154 e. The molecule has 0 saturated carbocycles. The van der Waals surface area contributed by atoms with Crippen LogP contribution >= 0.6 is 0 Å². The highest BCUT2D eigenvalue weighted by Gasteiger charge is 2.19. The largest absolute Gasteiger partial charge is 0.454 e. The summed E-state index contributed by atoms with van der Waals surface area (Å²) in [5.41, 5.74) is 23.8. The lowest BCUT2D eigenvalue weighted by Gasteiger charge is -2.19. The molecule has 0 radical (unpaired) electrons. The second-order valence-corrected chi connectivity index (χ2v) is 17.5. The van der Waals surface area contributed by atoms with Gasteiger partial charge in [-0.2, -0.15) is 0 Å². The van der Waals surface area contributed by atoms with Crippen LogP contribution in [-0.2, 0) is 0 Å². The van der Waals surface area contributed by atoms with Gasteiger partial charge in [-0.1, -0.05) is 152 Å². The molecule has 0 aliphatic carbocycles. The van der Waals surface area contributed by atoms with Crippen LogP contribution in [0.15, 0.2) is 235 Å². The summed E-state index contributed by atoms with van der Waals surface area (Å²) in [4.78, 5) is 19.8. The normalized spacial score (nSPS) is 11.3. The number of nitrogens with zero attached hydrogens (tertiary/aromatic N) is 4. The van der Waals surface area contributed by atoms with Gasteiger partial charge in [-0.15, -0.1) is 0 Å². The topological polar surface area (TPSA) is 64.7 Å². The Morgan fingerprint density at radius 2 is 0.710 bits per heavy atom. The molecule has 0 spiro atoms. The van der Waals surface area contributed by atoms with Crippen LogP contribution in [0.3, 0.4) is 0 Å². The molecule has 0 N–H and O–H groups in total. The predicted molar refractivity (Wildman–Crippen MR) is 283 cm³/mol. The number of benzene rings is 7. The van der Waals surface area contributed by atoms with Crippen molar-refractivity contribution in [3.63, 3.8) is 0 Å². The summed E-state index contributed by atoms with van der Waals surface area (Å²) in [5, 5.41) is 1.01. The molecule has 5 nitrogen and oxygen atoms in total. The molecular weight excluding hydrogens is 841 g/mol. The number of aryl methyl sites for hydroxylation is 2. The zero-order valence-electron chi connectivity index (χ0n) is 38.1. The van der Waals surface area contributed by atoms with E-state index in [4.69, 9.17) is 24.4 Å². The van der Waals surface area contributed by atoms with E-state index >= 15 is 0 Å². The van der Waals surface area contributed by atoms with Gasteiger partial charge < -0.3 is 4.42 Å². The molecule has 12 aromatic rings. The van der Waals surface area contributed by atoms with Crippen LogP contribution < -0.4 is 0 Å². The van der Waals surface area contributed by atoms with Gasteiger partial charge in [-0.3, -0.25) is 19.9 Å². The number of rotatable bonds is 9. The highest BCUT2D eigenvalue weighted by molar-refractivity contribution is 6.03. The molecule has 0 fully saturated rings. The first kappa shape index (κ1) is 41.4. The molecule has 0 unspecified atom stereocenters. The van der Waals surface area contributed by atoms with Crippen molar-refractivity contribution in [1.29, 1.82) is 0 Å². The van der Waals surface area contributed by atoms with Gasteiger partial charge in [0.25, 0.3) is 0 Å². The van der Waals surface area contributed by atoms with Crippen LogP contribution in [-0.4, -0.2) is 19.9 Å². The van der Waals surface area contributed by atoms with E-state index in [1.165, 1.54) is 0 Å². The number of para-hydroxylation sites is 1. The molecule has 326 valence electrons. The third kappa shape index (κ3) is 7.86. The third-order valence-corrected chi connectivity index (χ3v) is 13.2. The van der Waals surface area contributed by atoms with E-state index in [1.54, 1.807) is 0 Å². The van der Waals surface area contributed by atoms with E-state index in [0.29, 0.717) is 0 Å². The second-order valence-electron chi connectivity index (χ2n) is 17.5. The molecule has 0 aliphatic heterocycles. The minimum absolute atomic E-state index is 0.745. The van der Waals surface area contributed by atoms with Gasteiger partial charge in [0.2, 0.25) is 0 Å². The Bertz CT molecular complexity index is 3710. The Morgan fingerprint density at radius 3 is 1.22 bits per heavy atom. The third-order valence-electron chi connectivity index (χ3n) is 13.2. The quantitative estimate of drug-likeness (QED) is 0.144. The van der Waals surface area contributed by atoms with Crippen LogP contribution in [0.5, 0.6) is 0 Å². The summed E-state index contributed by atoms with van der Waals surface area (Å²) in [6, 6.07) is 72.5. The summed E-state index contributed by atoms with van der Waals surface area (Å²) in [6.07, 6.45) is 7.91. The molecule has 5 heterocycles. The lowest BCUT2D eigenvalue weighted by molar-refractivity contribution is 0.668. The number of pyridine rings is 4. The Labute approximate surface area is 401 Å². The minimum Gasteiger partial charge on any atom is -0.454 e. The number of aromatic nitrogens is 4. The number of fused-ring (bicyclic) bond motifs is 3. The molecule has 5 heteroatoms. The van der Waals surface area contributed by atoms with Gasteiger partial charge in [-0.05, 0) is 130 Å². The molecule has 69 heavy (non-hydrogen) atoms. The number of hydrogen-bond acceptors (Lipinski definition) is 5. The van der Waals surface area contributed by atoms with Crippen molar-refractivity contribution < 1.29 is 4.42 Å². The fourth-order valence-electron chi connectivity index (χ4n) is 9.69. The summed E-state index contributed by atoms with van der Waals surface area (Å²) >= 11 is 0. The average molecular weight is 885 g/mol. The van der Waals surface area contributed by atoms with Crippen LogP contribution in [0.4, 0.5) is 0 Å². The van der Waals surface area contributed by atoms with Crippen molar-refractivity contribution in [2.45, 2.75) is 13.8 Å². The molecule has 0 bridgehead atoms. The minimum atomic E-state index is 0.745. The van der Waals surface area contributed by atoms with Gasteiger partial charge in [-0.25, -0.2) is 0 Å². The van der Waals surface area contributed by atoms with E-state index in [2.05, 4.69) is 178 Å². The summed E-state index contributed by atoms with van der Waals surface area (Å²) in [6.45, 7) is 4.36. The Morgan fingerprint density at radius 1 is 0.275 bits per heavy atom. The second kappa shape index (κ2) is 17.6. The van der Waals surface area contributed by atoms with Gasteiger partial charge in [0.15, 0.2) is 5.58 Å². The average Bonchev–Trinajstić information content (AvgIpc) is 3.79. The monoisotopic (exact) mass is 884 g/mol. The summed E-state index contributed by atoms with van der Waals surface area (Å²) in [5.74, 6) is 0. The highest BCUT2D eigenvalue weighted by atomic mass is 16.3. The van der Waals surface area contributed by atoms with Crippen LogP contribution in [0.1, 0.15) is 11.1 Å². The maximum atomic E-state index is 6.18. The molecule has 0 saturated heterocycles. The molecule has 0 aliphatic rings. The lowest BCUT2D eigenvalue weighted by Crippen LogP contribution is -1.95. The van der Waals surface area contributed by atoms with Crippen molar-refractivity contribution in [2.75, 3.05) is 0 Å². The van der Waals surface area contributed by atoms with Crippen molar-refractivity contribution in [1.82, 2.24) is 19.9 Å². The van der Waals surface area contributed by atoms with Crippen molar-refractivity contribution in [2.24, 2.45) is 0 Å². The van der Waals surface area contributed by atoms with Gasteiger partial charge in [0.05, 0.1) is 17.1 Å². The molecule has 12 rings (SSSR count). The van der Waals surface area contributed by atoms with Crippen LogP contribution in [0.2, 0.25) is 0 Å². The van der Waals surface area contributed by atoms with Crippen LogP contribution in [0.25, 0.3) is 123 Å². The molecule has 5 aromatic heterocycles. The van der Waals surface area contributed by atoms with Gasteiger partial charge in [0.1, 0.15) is 11.1 Å². The van der Waals surface area contributed by atoms with Crippen molar-refractivity contribution >= 4 is 22.1 Å². The predicted octanol–water partition coefficient (Wildman–Crippen LogP) is 16.8. The van der Waals surface area contributed by atoms with E-state index in [1.807, 2.05) is 67.3 Å². The summed E-state index contributed by atoms with van der Waals surface area (Å²) in [7, 11) is 0. The Balaban J connectivity index is 0.992. The SMILES string of the molecule is Cc1cc(-c2ccccc2)ncc1-c1ccccc1-c1cc(-c2ccccc2-c2ccc(-c3cnc4c(c3)oc3ccccc34)nc2)cc(-c2ccccc2-c2cnc(-c3ccccc3)cc2C)c1. The first-order chi connectivity index (χ1) is 34.0. The Hall–Kier alpha value is -9.06. The van der Waals surface area contributed by atoms with Gasteiger partial charge >= 0.3 is 0 Å². The maximum absolute atomic E-state index is 6.18. The van der Waals surface area contributed by atoms with E-state index in [9.17, 15) is 0 Å². The fourth-order valence-corrected chi connectivity index (χ4v) is 9.69. The number of hydrogen-bond donors (Lipinski definition) is 0. The van der Waals surface area contributed by atoms with E-state index in [0.717, 1.165) is 134 Å². The smallest absolute Gasteiger partial charge is 0.154 e. The molecule has 7 aromatic carbocycles. The van der Waals surface area contributed by atoms with E-state index < -0.39 is 0 Å². The van der Waals surface area contributed by atoms with Gasteiger partial charge in [0, 0.05) is 63.6 Å². The lowest BCUT2D eigenvalue weighted by atomic mass is 9.86. The van der Waals surface area contributed by atoms with E-state index in [-0.39, 0.29) is 0 Å². The molecular formula is C64H44N4O. The highest BCUT2D eigenvalue weighted by Crippen LogP contribution is 2.43. The zero-order chi connectivity index (χ0) is 46.3. The fraction of sp³-hybridized carbons (Fsp3) is 0.0312. The molecule has 0 atom stereocenters. The van der Waals surface area contributed by atoms with Crippen molar-refractivity contribution in [3.05, 3.63) is 242 Å². The molecule has 0 amide bonds. The first-order valence-corrected chi connectivity index (χ1v) is 23.2. The standard InChI is InChI=1S/C64H44N4O/c1-41-31-60(43-17-5-3-6-18-43)66-39-57(41)54-25-13-11-23-52(54)47-33-46(34-48(35-47)53-24-12-14-26-55(53)58-40-67-61(32-42(58)2)44-19-7-4-8-20-44)51-22-10-9-21-50(51)45-29-30-59(65-37-45)49-36-63-64(68-38-49)56-27-15-16-28-62(56)69-63/h3-40H,1-2H3. The van der Waals surface area contributed by atoms with Crippen LogP contribution in [0, 0.1) is 13.8 Å². The van der Waals surface area contributed by atoms with Crippen molar-refractivity contribution in [3.8, 4) is 101 Å². The number of furan rings is 1. The summed E-state index contributed by atoms with van der Waals surface area (Å²) < 4.78 is 6.18. The first-order valence-electron chi connectivity index (χ1n) is 23.2. The zero-order valence-corrected chi connectivity index (χ0v) is 38.1.